The molecule has 0 bridgehead atoms. The highest BCUT2D eigenvalue weighted by Crippen LogP contribution is 2.45. The van der Waals surface area contributed by atoms with Crippen molar-refractivity contribution < 1.29 is 19.4 Å². The first-order chi connectivity index (χ1) is 12.9. The summed E-state index contributed by atoms with van der Waals surface area (Å²) in [6, 6.07) is 9.63. The highest BCUT2D eigenvalue weighted by atomic mass is 16.7. The molecule has 1 aliphatic heterocycles. The van der Waals surface area contributed by atoms with Gasteiger partial charge in [-0.25, -0.2) is 9.78 Å². The summed E-state index contributed by atoms with van der Waals surface area (Å²) in [6.45, 7) is 3.91. The van der Waals surface area contributed by atoms with E-state index < -0.39 is 11.8 Å². The largest absolute Gasteiger partial charge is 0.478 e. The second-order valence-electron chi connectivity index (χ2n) is 7.00. The molecule has 0 saturated heterocycles. The van der Waals surface area contributed by atoms with E-state index in [9.17, 15) is 9.90 Å². The van der Waals surface area contributed by atoms with E-state index in [2.05, 4.69) is 4.98 Å². The predicted octanol–water partition coefficient (Wildman–Crippen LogP) is 3.71. The van der Waals surface area contributed by atoms with E-state index in [1.165, 1.54) is 0 Å². The molecular formula is C21H22N2O4. The number of carboxylic acids is 1. The summed E-state index contributed by atoms with van der Waals surface area (Å²) in [5.41, 5.74) is 4.35. The molecule has 2 heterocycles. The molecule has 4 rings (SSSR count). The molecule has 3 aromatic rings. The third-order valence-corrected chi connectivity index (χ3v) is 5.54. The van der Waals surface area contributed by atoms with Gasteiger partial charge in [0.25, 0.3) is 0 Å². The van der Waals surface area contributed by atoms with Crippen LogP contribution in [0.2, 0.25) is 0 Å². The molecule has 140 valence electrons. The molecule has 0 radical (unpaired) electrons. The van der Waals surface area contributed by atoms with Crippen LogP contribution in [0, 0.1) is 13.8 Å². The third-order valence-electron chi connectivity index (χ3n) is 5.54. The molecule has 0 spiro atoms. The van der Waals surface area contributed by atoms with Crippen LogP contribution in [0.5, 0.6) is 5.75 Å². The number of methoxy groups -OCH3 is 1. The van der Waals surface area contributed by atoms with Gasteiger partial charge in [-0.2, -0.15) is 0 Å². The number of carbonyl (C=O) groups is 1. The molecule has 1 N–H and O–H groups in total. The first-order valence-electron chi connectivity index (χ1n) is 8.90. The highest BCUT2D eigenvalue weighted by Gasteiger charge is 2.42. The number of nitrogens with zero attached hydrogens (tertiary/aromatic N) is 2. The molecule has 0 aliphatic carbocycles. The summed E-state index contributed by atoms with van der Waals surface area (Å²) < 4.78 is 14.2. The zero-order valence-corrected chi connectivity index (χ0v) is 15.9. The summed E-state index contributed by atoms with van der Waals surface area (Å²) in [5, 5.41) is 9.73. The zero-order chi connectivity index (χ0) is 19.3. The number of imidazole rings is 1. The molecule has 2 aromatic carbocycles. The Hall–Kier alpha value is -2.86. The van der Waals surface area contributed by atoms with Crippen LogP contribution in [-0.2, 0) is 24.0 Å². The molecular weight excluding hydrogens is 344 g/mol. The van der Waals surface area contributed by atoms with Crippen LogP contribution in [0.4, 0.5) is 0 Å². The van der Waals surface area contributed by atoms with E-state index in [1.807, 2.05) is 49.7 Å². The Morgan fingerprint density at radius 3 is 2.74 bits per heavy atom. The van der Waals surface area contributed by atoms with Crippen LogP contribution >= 0.6 is 0 Å². The fourth-order valence-electron chi connectivity index (χ4n) is 3.95. The van der Waals surface area contributed by atoms with Crippen molar-refractivity contribution in [1.82, 2.24) is 9.55 Å². The summed E-state index contributed by atoms with van der Waals surface area (Å²) in [5.74, 6) is -0.627. The summed E-state index contributed by atoms with van der Waals surface area (Å²) >= 11 is 0. The van der Waals surface area contributed by atoms with E-state index in [1.54, 1.807) is 13.2 Å². The number of benzene rings is 2. The Morgan fingerprint density at radius 2 is 2.07 bits per heavy atom. The van der Waals surface area contributed by atoms with Gasteiger partial charge in [0.2, 0.25) is 5.79 Å². The van der Waals surface area contributed by atoms with Gasteiger partial charge in [0.15, 0.2) is 5.75 Å². The van der Waals surface area contributed by atoms with Gasteiger partial charge in [-0.05, 0) is 31.9 Å². The van der Waals surface area contributed by atoms with Crippen molar-refractivity contribution in [3.8, 4) is 5.75 Å². The quantitative estimate of drug-likeness (QED) is 0.765. The lowest BCUT2D eigenvalue weighted by Gasteiger charge is -2.38. The molecule has 1 aromatic heterocycles. The molecule has 1 atom stereocenters. The Balaban J connectivity index is 1.98. The molecule has 27 heavy (non-hydrogen) atoms. The third kappa shape index (κ3) is 2.51. The average Bonchev–Trinajstić information content (AvgIpc) is 2.95. The fraction of sp³-hybridized carbons (Fsp3) is 0.333. The summed E-state index contributed by atoms with van der Waals surface area (Å²) in [4.78, 5) is 16.5. The maximum absolute atomic E-state index is 11.9. The van der Waals surface area contributed by atoms with E-state index in [0.29, 0.717) is 29.7 Å². The number of hydrogen-bond acceptors (Lipinski definition) is 4. The van der Waals surface area contributed by atoms with Gasteiger partial charge in [-0.3, -0.25) is 0 Å². The normalized spacial score (nSPS) is 19.0. The maximum atomic E-state index is 11.9. The molecule has 1 aliphatic rings. The van der Waals surface area contributed by atoms with Gasteiger partial charge in [0.05, 0.1) is 11.1 Å². The highest BCUT2D eigenvalue weighted by molar-refractivity contribution is 5.98. The molecule has 6 heteroatoms. The van der Waals surface area contributed by atoms with Crippen molar-refractivity contribution in [1.29, 1.82) is 0 Å². The maximum Gasteiger partial charge on any atom is 0.336 e. The molecule has 0 saturated carbocycles. The lowest BCUT2D eigenvalue weighted by atomic mass is 9.89. The lowest BCUT2D eigenvalue weighted by molar-refractivity contribution is -0.183. The van der Waals surface area contributed by atoms with Gasteiger partial charge >= 0.3 is 5.97 Å². The Morgan fingerprint density at radius 1 is 1.33 bits per heavy atom. The number of aromatic carboxylic acids is 1. The second kappa shape index (κ2) is 6.09. The summed E-state index contributed by atoms with van der Waals surface area (Å²) in [7, 11) is 3.50. The molecule has 6 nitrogen and oxygen atoms in total. The predicted molar refractivity (Wildman–Crippen MR) is 101 cm³/mol. The van der Waals surface area contributed by atoms with Gasteiger partial charge in [0, 0.05) is 31.7 Å². The number of rotatable bonds is 3. The minimum Gasteiger partial charge on any atom is -0.478 e. The van der Waals surface area contributed by atoms with E-state index in [0.717, 1.165) is 22.5 Å². The number of ether oxygens (including phenoxy) is 2. The van der Waals surface area contributed by atoms with Crippen LogP contribution in [0.1, 0.15) is 39.3 Å². The molecule has 0 amide bonds. The first-order valence-corrected chi connectivity index (χ1v) is 8.90. The average molecular weight is 366 g/mol. The summed E-state index contributed by atoms with van der Waals surface area (Å²) in [6.07, 6.45) is 1.06. The van der Waals surface area contributed by atoms with Crippen molar-refractivity contribution in [3.63, 3.8) is 0 Å². The van der Waals surface area contributed by atoms with Gasteiger partial charge in [-0.1, -0.05) is 24.3 Å². The zero-order valence-electron chi connectivity index (χ0n) is 15.9. The van der Waals surface area contributed by atoms with Crippen molar-refractivity contribution in [2.45, 2.75) is 32.5 Å². The van der Waals surface area contributed by atoms with Crippen LogP contribution < -0.4 is 4.74 Å². The number of aromatic nitrogens is 2. The number of hydrogen-bond donors (Lipinski definition) is 1. The van der Waals surface area contributed by atoms with Crippen molar-refractivity contribution in [2.75, 3.05) is 7.11 Å². The Labute approximate surface area is 157 Å². The van der Waals surface area contributed by atoms with Gasteiger partial charge in [0.1, 0.15) is 11.3 Å². The van der Waals surface area contributed by atoms with E-state index >= 15 is 0 Å². The lowest BCUT2D eigenvalue weighted by Crippen LogP contribution is -2.40. The van der Waals surface area contributed by atoms with Crippen LogP contribution in [0.3, 0.4) is 0 Å². The molecule has 1 unspecified atom stereocenters. The molecule has 0 fully saturated rings. The van der Waals surface area contributed by atoms with Gasteiger partial charge in [-0.15, -0.1) is 0 Å². The van der Waals surface area contributed by atoms with Crippen molar-refractivity contribution >= 4 is 17.0 Å². The van der Waals surface area contributed by atoms with E-state index in [-0.39, 0.29) is 5.56 Å². The first kappa shape index (κ1) is 17.5. The number of aryl methyl sites for hydroxylation is 3. The van der Waals surface area contributed by atoms with Crippen LogP contribution in [0.15, 0.2) is 30.3 Å². The van der Waals surface area contributed by atoms with Crippen molar-refractivity contribution in [3.05, 3.63) is 58.4 Å². The van der Waals surface area contributed by atoms with Gasteiger partial charge < -0.3 is 19.1 Å². The number of carboxylic acid groups (broad SMARTS) is 1. The van der Waals surface area contributed by atoms with Crippen molar-refractivity contribution in [2.24, 2.45) is 7.05 Å². The second-order valence-corrected chi connectivity index (χ2v) is 7.00. The topological polar surface area (TPSA) is 73.6 Å². The minimum absolute atomic E-state index is 0.259. The van der Waals surface area contributed by atoms with Crippen LogP contribution in [-0.4, -0.2) is 27.7 Å². The monoisotopic (exact) mass is 366 g/mol. The smallest absolute Gasteiger partial charge is 0.336 e. The standard InChI is InChI=1S/C21H22N2O4/c1-12-7-5-6-8-16(12)21(26-4)10-9-14-15(20(24)25)11-17-18(19(14)27-21)22-13(2)23(17)3/h5-8,11H,9-10H2,1-4H3,(H,24,25). The minimum atomic E-state index is -0.964. The van der Waals surface area contributed by atoms with Crippen LogP contribution in [0.25, 0.3) is 11.0 Å². The Bertz CT molecular complexity index is 1070. The Kier molecular flexibility index (Phi) is 3.96. The number of fused-ring (bicyclic) bond motifs is 3. The van der Waals surface area contributed by atoms with E-state index in [4.69, 9.17) is 9.47 Å². The fourth-order valence-corrected chi connectivity index (χ4v) is 3.95. The SMILES string of the molecule is COC1(c2ccccc2C)CCc2c(C(=O)O)cc3c(nc(C)n3C)c2O1.